The summed E-state index contributed by atoms with van der Waals surface area (Å²) in [7, 11) is -3.47. The van der Waals surface area contributed by atoms with Gasteiger partial charge >= 0.3 is 0 Å². The van der Waals surface area contributed by atoms with E-state index in [1.165, 1.54) is 22.3 Å². The topological polar surface area (TPSA) is 46.2 Å². The van der Waals surface area contributed by atoms with Crippen LogP contribution >= 0.6 is 0 Å². The number of hydrogen-bond acceptors (Lipinski definition) is 2. The van der Waals surface area contributed by atoms with Crippen LogP contribution in [0.25, 0.3) is 11.1 Å². The van der Waals surface area contributed by atoms with E-state index in [9.17, 15) is 8.42 Å². The van der Waals surface area contributed by atoms with Crippen molar-refractivity contribution in [2.45, 2.75) is 32.1 Å². The maximum absolute atomic E-state index is 12.4. The highest BCUT2D eigenvalue weighted by Crippen LogP contribution is 2.25. The molecule has 4 heteroatoms. The minimum absolute atomic E-state index is 0.343. The predicted molar refractivity (Wildman–Crippen MR) is 111 cm³/mol. The van der Waals surface area contributed by atoms with Crippen LogP contribution in [0.1, 0.15) is 22.3 Å². The number of hydrogen-bond donors (Lipinski definition) is 1. The van der Waals surface area contributed by atoms with Gasteiger partial charge in [0.05, 0.1) is 4.90 Å². The van der Waals surface area contributed by atoms with Gasteiger partial charge in [-0.05, 0) is 66.6 Å². The van der Waals surface area contributed by atoms with Gasteiger partial charge in [0.15, 0.2) is 0 Å². The quantitative estimate of drug-likeness (QED) is 0.669. The van der Waals surface area contributed by atoms with Crippen LogP contribution in [0.3, 0.4) is 0 Å². The summed E-state index contributed by atoms with van der Waals surface area (Å²) in [5.74, 6) is 0. The molecule has 140 valence electrons. The fraction of sp³-hybridized carbons (Fsp3) is 0.217. The summed E-state index contributed by atoms with van der Waals surface area (Å²) >= 11 is 0. The van der Waals surface area contributed by atoms with Gasteiger partial charge in [0.2, 0.25) is 10.0 Å². The van der Waals surface area contributed by atoms with Crippen molar-refractivity contribution in [3.05, 3.63) is 89.0 Å². The molecule has 3 aromatic rings. The number of sulfonamides is 1. The van der Waals surface area contributed by atoms with E-state index < -0.39 is 10.0 Å². The molecule has 3 aromatic carbocycles. The molecule has 0 spiro atoms. The van der Waals surface area contributed by atoms with Crippen molar-refractivity contribution in [2.24, 2.45) is 0 Å². The Labute approximate surface area is 162 Å². The molecule has 1 N–H and O–H groups in total. The highest BCUT2D eigenvalue weighted by molar-refractivity contribution is 7.89. The summed E-state index contributed by atoms with van der Waals surface area (Å²) < 4.78 is 27.6. The highest BCUT2D eigenvalue weighted by Gasteiger charge is 2.15. The molecule has 0 aliphatic heterocycles. The van der Waals surface area contributed by atoms with Gasteiger partial charge in [0.1, 0.15) is 0 Å². The van der Waals surface area contributed by atoms with E-state index in [2.05, 4.69) is 61.0 Å². The maximum Gasteiger partial charge on any atom is 0.240 e. The van der Waals surface area contributed by atoms with Gasteiger partial charge in [-0.1, -0.05) is 60.7 Å². The largest absolute Gasteiger partial charge is 0.240 e. The predicted octanol–water partition coefficient (Wildman–Crippen LogP) is 4.80. The fourth-order valence-corrected chi connectivity index (χ4v) is 4.46. The maximum atomic E-state index is 12.4. The molecule has 0 saturated carbocycles. The van der Waals surface area contributed by atoms with Gasteiger partial charge in [0, 0.05) is 6.54 Å². The van der Waals surface area contributed by atoms with E-state index in [1.54, 1.807) is 25.1 Å². The molecule has 0 fully saturated rings. The molecule has 27 heavy (non-hydrogen) atoms. The van der Waals surface area contributed by atoms with Gasteiger partial charge in [-0.15, -0.1) is 0 Å². The molecule has 0 aromatic heterocycles. The molecule has 3 nitrogen and oxygen atoms in total. The number of benzene rings is 3. The molecule has 0 amide bonds. The lowest BCUT2D eigenvalue weighted by Gasteiger charge is -2.11. The summed E-state index contributed by atoms with van der Waals surface area (Å²) in [5, 5.41) is 0. The number of nitrogens with one attached hydrogen (secondary N) is 1. The normalized spacial score (nSPS) is 11.5. The van der Waals surface area contributed by atoms with Crippen LogP contribution in [0.15, 0.2) is 71.6 Å². The molecular formula is C23H25NO2S. The Morgan fingerprint density at radius 1 is 0.778 bits per heavy atom. The smallest absolute Gasteiger partial charge is 0.211 e. The third-order valence-corrected chi connectivity index (χ3v) is 6.58. The lowest BCUT2D eigenvalue weighted by molar-refractivity contribution is 0.581. The van der Waals surface area contributed by atoms with E-state index in [1.807, 2.05) is 6.07 Å². The van der Waals surface area contributed by atoms with Gasteiger partial charge in [-0.2, -0.15) is 0 Å². The first-order valence-electron chi connectivity index (χ1n) is 9.09. The summed E-state index contributed by atoms with van der Waals surface area (Å²) in [6.45, 7) is 6.44. The molecule has 0 atom stereocenters. The molecule has 0 aliphatic rings. The van der Waals surface area contributed by atoms with Gasteiger partial charge in [-0.3, -0.25) is 0 Å². The third-order valence-electron chi connectivity index (χ3n) is 4.96. The Balaban J connectivity index is 1.66. The first kappa shape index (κ1) is 19.3. The van der Waals surface area contributed by atoms with Crippen molar-refractivity contribution in [3.8, 4) is 11.1 Å². The Bertz CT molecular complexity index is 1040. The van der Waals surface area contributed by atoms with E-state index in [0.29, 0.717) is 17.9 Å². The average molecular weight is 380 g/mol. The molecule has 0 saturated heterocycles. The first-order chi connectivity index (χ1) is 12.9. The lowest BCUT2D eigenvalue weighted by atomic mass is 9.96. The van der Waals surface area contributed by atoms with Crippen molar-refractivity contribution in [1.82, 2.24) is 4.72 Å². The number of aryl methyl sites for hydroxylation is 2. The monoisotopic (exact) mass is 379 g/mol. The molecule has 0 radical (unpaired) electrons. The average Bonchev–Trinajstić information content (AvgIpc) is 2.65. The Morgan fingerprint density at radius 2 is 1.44 bits per heavy atom. The molecule has 0 heterocycles. The van der Waals surface area contributed by atoms with E-state index in [0.717, 1.165) is 11.1 Å². The minimum atomic E-state index is -3.47. The first-order valence-corrected chi connectivity index (χ1v) is 10.6. The second-order valence-electron chi connectivity index (χ2n) is 6.86. The minimum Gasteiger partial charge on any atom is -0.211 e. The Hall–Kier alpha value is -2.43. The van der Waals surface area contributed by atoms with Crippen molar-refractivity contribution >= 4 is 10.0 Å². The molecule has 0 bridgehead atoms. The fourth-order valence-electron chi connectivity index (χ4n) is 3.18. The third kappa shape index (κ3) is 4.46. The molecule has 0 unspecified atom stereocenters. The summed E-state index contributed by atoms with van der Waals surface area (Å²) in [6.07, 6.45) is 0.651. The SMILES string of the molecule is Cc1ccccc1S(=O)(=O)NCCc1ccc(-c2cccc(C)c2C)cc1. The van der Waals surface area contributed by atoms with Crippen molar-refractivity contribution in [3.63, 3.8) is 0 Å². The van der Waals surface area contributed by atoms with Gasteiger partial charge in [0.25, 0.3) is 0 Å². The Morgan fingerprint density at radius 3 is 2.15 bits per heavy atom. The molecule has 3 rings (SSSR count). The second-order valence-corrected chi connectivity index (χ2v) is 8.59. The summed E-state index contributed by atoms with van der Waals surface area (Å²) in [4.78, 5) is 0.343. The zero-order valence-electron chi connectivity index (χ0n) is 16.0. The second kappa shape index (κ2) is 8.07. The zero-order chi connectivity index (χ0) is 19.4. The van der Waals surface area contributed by atoms with Crippen LogP contribution in [0.2, 0.25) is 0 Å². The molecule has 0 aliphatic carbocycles. The van der Waals surface area contributed by atoms with Crippen molar-refractivity contribution < 1.29 is 8.42 Å². The van der Waals surface area contributed by atoms with Crippen LogP contribution in [0.4, 0.5) is 0 Å². The standard InChI is InChI=1S/C23H25NO2S/c1-17-8-6-9-22(19(17)3)21-13-11-20(12-14-21)15-16-24-27(25,26)23-10-5-4-7-18(23)2/h4-14,24H,15-16H2,1-3H3. The van der Waals surface area contributed by atoms with Crippen LogP contribution in [0, 0.1) is 20.8 Å². The van der Waals surface area contributed by atoms with Crippen LogP contribution < -0.4 is 4.72 Å². The summed E-state index contributed by atoms with van der Waals surface area (Å²) in [6, 6.07) is 21.7. The number of rotatable bonds is 6. The van der Waals surface area contributed by atoms with E-state index in [-0.39, 0.29) is 0 Å². The lowest BCUT2D eigenvalue weighted by Crippen LogP contribution is -2.26. The summed E-state index contributed by atoms with van der Waals surface area (Å²) in [5.41, 5.74) is 6.85. The van der Waals surface area contributed by atoms with Crippen molar-refractivity contribution in [2.75, 3.05) is 6.54 Å². The van der Waals surface area contributed by atoms with Crippen LogP contribution in [-0.4, -0.2) is 15.0 Å². The van der Waals surface area contributed by atoms with E-state index >= 15 is 0 Å². The highest BCUT2D eigenvalue weighted by atomic mass is 32.2. The van der Waals surface area contributed by atoms with E-state index in [4.69, 9.17) is 0 Å². The van der Waals surface area contributed by atoms with Crippen LogP contribution in [-0.2, 0) is 16.4 Å². The van der Waals surface area contributed by atoms with Gasteiger partial charge < -0.3 is 0 Å². The zero-order valence-corrected chi connectivity index (χ0v) is 16.8. The Kier molecular flexibility index (Phi) is 5.78. The van der Waals surface area contributed by atoms with Crippen molar-refractivity contribution in [1.29, 1.82) is 0 Å². The van der Waals surface area contributed by atoms with Gasteiger partial charge in [-0.25, -0.2) is 13.1 Å². The van der Waals surface area contributed by atoms with Crippen LogP contribution in [0.5, 0.6) is 0 Å². The molecular weight excluding hydrogens is 354 g/mol.